The number of carboxylic acids is 1. The zero-order valence-corrected chi connectivity index (χ0v) is 14.9. The molecule has 2 aromatic heterocycles. The first kappa shape index (κ1) is 17.5. The number of carboxylic acid groups (broad SMARTS) is 1. The molecule has 1 unspecified atom stereocenters. The summed E-state index contributed by atoms with van der Waals surface area (Å²) in [6, 6.07) is 18.0. The molecule has 4 rings (SSSR count). The third-order valence-corrected chi connectivity index (χ3v) is 4.56. The fourth-order valence-corrected chi connectivity index (χ4v) is 3.25. The van der Waals surface area contributed by atoms with Gasteiger partial charge in [-0.2, -0.15) is 0 Å². The Kier molecular flexibility index (Phi) is 4.63. The Morgan fingerprint density at radius 1 is 1.11 bits per heavy atom. The van der Waals surface area contributed by atoms with Crippen LogP contribution in [0.2, 0.25) is 0 Å². The third-order valence-electron chi connectivity index (χ3n) is 4.56. The predicted molar refractivity (Wildman–Crippen MR) is 105 cm³/mol. The zero-order chi connectivity index (χ0) is 19.5. The van der Waals surface area contributed by atoms with Crippen molar-refractivity contribution in [2.75, 3.05) is 5.32 Å². The highest BCUT2D eigenvalue weighted by molar-refractivity contribution is 6.03. The fraction of sp³-hybridized carbons (Fsp3) is 0.0952. The lowest BCUT2D eigenvalue weighted by Gasteiger charge is -2.18. The number of nitrogens with zero attached hydrogens (tertiary/aromatic N) is 2. The van der Waals surface area contributed by atoms with E-state index in [2.05, 4.69) is 15.3 Å². The SMILES string of the molecule is O=C(O)CC(c1ccccc1)n1cnc2cc(NC(=O)c3ccc[nH]3)ccc21. The van der Waals surface area contributed by atoms with Crippen molar-refractivity contribution in [2.45, 2.75) is 12.5 Å². The normalized spacial score (nSPS) is 12.0. The van der Waals surface area contributed by atoms with Crippen LogP contribution in [0.3, 0.4) is 0 Å². The van der Waals surface area contributed by atoms with Crippen LogP contribution in [0, 0.1) is 0 Å². The Balaban J connectivity index is 1.66. The van der Waals surface area contributed by atoms with Crippen LogP contribution in [-0.2, 0) is 4.79 Å². The topological polar surface area (TPSA) is 100 Å². The molecule has 7 nitrogen and oxygen atoms in total. The van der Waals surface area contributed by atoms with Gasteiger partial charge in [0, 0.05) is 11.9 Å². The first-order valence-corrected chi connectivity index (χ1v) is 8.80. The second-order valence-electron chi connectivity index (χ2n) is 6.42. The summed E-state index contributed by atoms with van der Waals surface area (Å²) in [5.41, 5.74) is 3.46. The van der Waals surface area contributed by atoms with Crippen LogP contribution in [0.25, 0.3) is 11.0 Å². The average Bonchev–Trinajstić information content (AvgIpc) is 3.36. The number of hydrogen-bond donors (Lipinski definition) is 3. The molecule has 0 fully saturated rings. The number of rotatable bonds is 6. The van der Waals surface area contributed by atoms with Crippen molar-refractivity contribution >= 4 is 28.6 Å². The van der Waals surface area contributed by atoms with Gasteiger partial charge in [-0.3, -0.25) is 9.59 Å². The Hall–Kier alpha value is -3.87. The number of amides is 1. The van der Waals surface area contributed by atoms with E-state index in [4.69, 9.17) is 0 Å². The van der Waals surface area contributed by atoms with Crippen LogP contribution in [0.4, 0.5) is 5.69 Å². The summed E-state index contributed by atoms with van der Waals surface area (Å²) in [5.74, 6) is -1.12. The van der Waals surface area contributed by atoms with Gasteiger partial charge in [0.05, 0.1) is 29.8 Å². The molecule has 0 radical (unpaired) electrons. The van der Waals surface area contributed by atoms with Gasteiger partial charge in [-0.15, -0.1) is 0 Å². The highest BCUT2D eigenvalue weighted by atomic mass is 16.4. The minimum atomic E-state index is -0.884. The molecule has 1 atom stereocenters. The van der Waals surface area contributed by atoms with Gasteiger partial charge in [-0.1, -0.05) is 30.3 Å². The van der Waals surface area contributed by atoms with E-state index in [1.54, 1.807) is 36.8 Å². The molecule has 4 aromatic rings. The van der Waals surface area contributed by atoms with Gasteiger partial charge < -0.3 is 20.0 Å². The van der Waals surface area contributed by atoms with Crippen molar-refractivity contribution in [3.63, 3.8) is 0 Å². The molecule has 7 heteroatoms. The van der Waals surface area contributed by atoms with E-state index in [1.807, 2.05) is 41.0 Å². The van der Waals surface area contributed by atoms with Crippen LogP contribution in [-0.4, -0.2) is 31.5 Å². The molecule has 0 aliphatic carbocycles. The molecule has 0 saturated carbocycles. The Labute approximate surface area is 160 Å². The van der Waals surface area contributed by atoms with E-state index in [0.29, 0.717) is 16.9 Å². The molecule has 3 N–H and O–H groups in total. The molecule has 0 aliphatic heterocycles. The van der Waals surface area contributed by atoms with Crippen molar-refractivity contribution in [1.82, 2.24) is 14.5 Å². The first-order valence-electron chi connectivity index (χ1n) is 8.80. The van der Waals surface area contributed by atoms with Gasteiger partial charge in [0.1, 0.15) is 5.69 Å². The minimum absolute atomic E-state index is 0.0548. The van der Waals surface area contributed by atoms with Gasteiger partial charge >= 0.3 is 5.97 Å². The van der Waals surface area contributed by atoms with Crippen LogP contribution >= 0.6 is 0 Å². The smallest absolute Gasteiger partial charge is 0.305 e. The number of benzene rings is 2. The summed E-state index contributed by atoms with van der Waals surface area (Å²) in [6.07, 6.45) is 3.27. The number of carbonyl (C=O) groups is 2. The fourth-order valence-electron chi connectivity index (χ4n) is 3.25. The van der Waals surface area contributed by atoms with E-state index in [1.165, 1.54) is 0 Å². The summed E-state index contributed by atoms with van der Waals surface area (Å²) in [6.45, 7) is 0. The summed E-state index contributed by atoms with van der Waals surface area (Å²) < 4.78 is 1.86. The molecule has 2 heterocycles. The number of anilines is 1. The lowest BCUT2D eigenvalue weighted by molar-refractivity contribution is -0.137. The summed E-state index contributed by atoms with van der Waals surface area (Å²) >= 11 is 0. The van der Waals surface area contributed by atoms with Crippen LogP contribution in [0.15, 0.2) is 73.2 Å². The molecule has 0 spiro atoms. The van der Waals surface area contributed by atoms with Gasteiger partial charge in [-0.05, 0) is 35.9 Å². The van der Waals surface area contributed by atoms with Crippen molar-refractivity contribution < 1.29 is 14.7 Å². The first-order chi connectivity index (χ1) is 13.6. The monoisotopic (exact) mass is 374 g/mol. The van der Waals surface area contributed by atoms with E-state index >= 15 is 0 Å². The maximum Gasteiger partial charge on any atom is 0.305 e. The van der Waals surface area contributed by atoms with Gasteiger partial charge in [0.15, 0.2) is 0 Å². The minimum Gasteiger partial charge on any atom is -0.481 e. The number of hydrogen-bond acceptors (Lipinski definition) is 3. The van der Waals surface area contributed by atoms with Crippen molar-refractivity contribution in [2.24, 2.45) is 0 Å². The second kappa shape index (κ2) is 7.40. The molecule has 0 saturated heterocycles. The van der Waals surface area contributed by atoms with Gasteiger partial charge in [-0.25, -0.2) is 4.98 Å². The maximum absolute atomic E-state index is 12.2. The van der Waals surface area contributed by atoms with Crippen molar-refractivity contribution in [3.8, 4) is 0 Å². The number of aromatic nitrogens is 3. The Bertz CT molecular complexity index is 1120. The van der Waals surface area contributed by atoms with Gasteiger partial charge in [0.25, 0.3) is 5.91 Å². The Morgan fingerprint density at radius 3 is 2.64 bits per heavy atom. The van der Waals surface area contributed by atoms with E-state index in [-0.39, 0.29) is 18.4 Å². The lowest BCUT2D eigenvalue weighted by atomic mass is 10.0. The predicted octanol–water partition coefficient (Wildman–Crippen LogP) is 3.68. The quantitative estimate of drug-likeness (QED) is 0.479. The third kappa shape index (κ3) is 3.50. The molecule has 28 heavy (non-hydrogen) atoms. The molecule has 140 valence electrons. The number of nitrogens with one attached hydrogen (secondary N) is 2. The van der Waals surface area contributed by atoms with E-state index in [9.17, 15) is 14.7 Å². The van der Waals surface area contributed by atoms with Crippen molar-refractivity contribution in [1.29, 1.82) is 0 Å². The number of imidazole rings is 1. The summed E-state index contributed by atoms with van der Waals surface area (Å²) in [5, 5.41) is 12.2. The highest BCUT2D eigenvalue weighted by Gasteiger charge is 2.20. The molecule has 1 amide bonds. The molecular weight excluding hydrogens is 356 g/mol. The van der Waals surface area contributed by atoms with Crippen LogP contribution < -0.4 is 5.32 Å². The zero-order valence-electron chi connectivity index (χ0n) is 14.9. The maximum atomic E-state index is 12.2. The van der Waals surface area contributed by atoms with E-state index < -0.39 is 5.97 Å². The Morgan fingerprint density at radius 2 is 1.93 bits per heavy atom. The highest BCUT2D eigenvalue weighted by Crippen LogP contribution is 2.28. The standard InChI is InChI=1S/C21H18N4O3/c26-20(27)12-19(14-5-2-1-3-6-14)25-13-23-17-11-15(8-9-18(17)25)24-21(28)16-7-4-10-22-16/h1-11,13,19,22H,12H2,(H,24,28)(H,26,27). The second-order valence-corrected chi connectivity index (χ2v) is 6.42. The number of fused-ring (bicyclic) bond motifs is 1. The number of H-pyrrole nitrogens is 1. The number of aromatic amines is 1. The molecule has 0 bridgehead atoms. The number of carbonyl (C=O) groups excluding carboxylic acids is 1. The summed E-state index contributed by atoms with van der Waals surface area (Å²) in [4.78, 5) is 30.9. The number of aliphatic carboxylic acids is 1. The molecular formula is C21H18N4O3. The van der Waals surface area contributed by atoms with Gasteiger partial charge in [0.2, 0.25) is 0 Å². The van der Waals surface area contributed by atoms with Crippen LogP contribution in [0.5, 0.6) is 0 Å². The molecule has 2 aromatic carbocycles. The average molecular weight is 374 g/mol. The van der Waals surface area contributed by atoms with Crippen LogP contribution in [0.1, 0.15) is 28.5 Å². The largest absolute Gasteiger partial charge is 0.481 e. The summed E-state index contributed by atoms with van der Waals surface area (Å²) in [7, 11) is 0. The lowest BCUT2D eigenvalue weighted by Crippen LogP contribution is -2.14. The van der Waals surface area contributed by atoms with Crippen molar-refractivity contribution in [3.05, 3.63) is 84.4 Å². The van der Waals surface area contributed by atoms with E-state index in [0.717, 1.165) is 11.1 Å². The molecule has 0 aliphatic rings.